The summed E-state index contributed by atoms with van der Waals surface area (Å²) in [4.78, 5) is 6.49. The van der Waals surface area contributed by atoms with Gasteiger partial charge >= 0.3 is 0 Å². The van der Waals surface area contributed by atoms with Gasteiger partial charge in [0.2, 0.25) is 0 Å². The third kappa shape index (κ3) is 3.01. The van der Waals surface area contributed by atoms with Crippen molar-refractivity contribution in [3.05, 3.63) is 77.3 Å². The molecule has 0 bridgehead atoms. The number of pyridine rings is 1. The second kappa shape index (κ2) is 6.50. The van der Waals surface area contributed by atoms with Crippen molar-refractivity contribution in [3.63, 3.8) is 0 Å². The van der Waals surface area contributed by atoms with Gasteiger partial charge in [-0.25, -0.2) is 0 Å². The molecule has 1 aromatic carbocycles. The molecule has 2 atom stereocenters. The van der Waals surface area contributed by atoms with Gasteiger partial charge in [-0.1, -0.05) is 17.7 Å². The first-order chi connectivity index (χ1) is 12.1. The van der Waals surface area contributed by atoms with E-state index in [9.17, 15) is 0 Å². The predicted molar refractivity (Wildman–Crippen MR) is 102 cm³/mol. The Bertz CT molecular complexity index is 895. The lowest BCUT2D eigenvalue weighted by atomic mass is 10.0. The minimum absolute atomic E-state index is 0.0524. The zero-order chi connectivity index (χ0) is 17.4. The fraction of sp³-hybridized carbons (Fsp3) is 0.158. The van der Waals surface area contributed by atoms with E-state index in [1.807, 2.05) is 66.5 Å². The lowest BCUT2D eigenvalue weighted by Crippen LogP contribution is -2.24. The van der Waals surface area contributed by atoms with E-state index in [0.29, 0.717) is 10.1 Å². The van der Waals surface area contributed by atoms with Gasteiger partial charge in [0.15, 0.2) is 5.11 Å². The lowest BCUT2D eigenvalue weighted by Gasteiger charge is -2.21. The van der Waals surface area contributed by atoms with E-state index >= 15 is 0 Å². The monoisotopic (exact) mass is 369 g/mol. The van der Waals surface area contributed by atoms with Gasteiger partial charge in [0.05, 0.1) is 11.7 Å². The Morgan fingerprint density at radius 2 is 1.92 bits per heavy atom. The van der Waals surface area contributed by atoms with Crippen LogP contribution in [0.15, 0.2) is 65.2 Å². The van der Waals surface area contributed by atoms with Crippen LogP contribution in [0.4, 0.5) is 0 Å². The van der Waals surface area contributed by atoms with E-state index < -0.39 is 0 Å². The van der Waals surface area contributed by atoms with Crippen molar-refractivity contribution < 1.29 is 4.42 Å². The van der Waals surface area contributed by atoms with Crippen LogP contribution >= 0.6 is 23.8 Å². The molecule has 2 aromatic heterocycles. The van der Waals surface area contributed by atoms with Gasteiger partial charge in [0.25, 0.3) is 0 Å². The molecule has 1 N–H and O–H groups in total. The van der Waals surface area contributed by atoms with Crippen molar-refractivity contribution in [2.45, 2.75) is 12.1 Å². The SMILES string of the molecule is CN1C(=S)N[C@H](c2ccccn2)[C@@H]1c1ccc(-c2ccc(Cl)cc2)o1. The van der Waals surface area contributed by atoms with Crippen molar-refractivity contribution in [1.82, 2.24) is 15.2 Å². The van der Waals surface area contributed by atoms with Gasteiger partial charge in [-0.05, 0) is 60.7 Å². The Balaban J connectivity index is 1.69. The molecule has 1 saturated heterocycles. The summed E-state index contributed by atoms with van der Waals surface area (Å²) in [5.41, 5.74) is 1.92. The van der Waals surface area contributed by atoms with E-state index in [4.69, 9.17) is 28.2 Å². The molecule has 1 aliphatic rings. The molecule has 4 rings (SSSR count). The van der Waals surface area contributed by atoms with E-state index in [1.54, 1.807) is 6.20 Å². The fourth-order valence-corrected chi connectivity index (χ4v) is 3.46. The highest BCUT2D eigenvalue weighted by atomic mass is 35.5. The van der Waals surface area contributed by atoms with Gasteiger partial charge in [-0.2, -0.15) is 0 Å². The average molecular weight is 370 g/mol. The van der Waals surface area contributed by atoms with Crippen LogP contribution in [-0.2, 0) is 0 Å². The number of benzene rings is 1. The molecule has 1 aliphatic heterocycles. The van der Waals surface area contributed by atoms with Gasteiger partial charge in [0, 0.05) is 23.8 Å². The molecule has 0 amide bonds. The summed E-state index contributed by atoms with van der Waals surface area (Å²) < 4.78 is 6.15. The van der Waals surface area contributed by atoms with Crippen molar-refractivity contribution in [2.75, 3.05) is 7.05 Å². The van der Waals surface area contributed by atoms with E-state index in [0.717, 1.165) is 22.8 Å². The fourth-order valence-electron chi connectivity index (χ4n) is 3.10. The number of nitrogens with zero attached hydrogens (tertiary/aromatic N) is 2. The summed E-state index contributed by atoms with van der Waals surface area (Å²) in [6, 6.07) is 17.3. The molecule has 25 heavy (non-hydrogen) atoms. The molecule has 0 radical (unpaired) electrons. The van der Waals surface area contributed by atoms with Crippen LogP contribution in [0, 0.1) is 0 Å². The summed E-state index contributed by atoms with van der Waals surface area (Å²) in [5.74, 6) is 1.65. The molecule has 126 valence electrons. The van der Waals surface area contributed by atoms with Crippen LogP contribution in [0.2, 0.25) is 5.02 Å². The summed E-state index contributed by atoms with van der Waals surface area (Å²) in [6.07, 6.45) is 1.79. The first-order valence-electron chi connectivity index (χ1n) is 7.93. The van der Waals surface area contributed by atoms with Crippen LogP contribution in [-0.4, -0.2) is 22.0 Å². The van der Waals surface area contributed by atoms with Crippen molar-refractivity contribution >= 4 is 28.9 Å². The number of furan rings is 1. The van der Waals surface area contributed by atoms with E-state index in [-0.39, 0.29) is 12.1 Å². The molecule has 4 nitrogen and oxygen atoms in total. The van der Waals surface area contributed by atoms with Crippen LogP contribution in [0.25, 0.3) is 11.3 Å². The van der Waals surface area contributed by atoms with Crippen LogP contribution in [0.3, 0.4) is 0 Å². The van der Waals surface area contributed by atoms with E-state index in [1.165, 1.54) is 0 Å². The maximum absolute atomic E-state index is 6.15. The Hall–Kier alpha value is -2.37. The molecule has 3 heterocycles. The maximum Gasteiger partial charge on any atom is 0.170 e. The zero-order valence-electron chi connectivity index (χ0n) is 13.5. The summed E-state index contributed by atoms with van der Waals surface area (Å²) in [7, 11) is 1.97. The van der Waals surface area contributed by atoms with E-state index in [2.05, 4.69) is 10.3 Å². The molecule has 0 spiro atoms. The number of halogens is 1. The Labute approximate surface area is 156 Å². The second-order valence-corrected chi connectivity index (χ2v) is 6.77. The third-order valence-electron chi connectivity index (χ3n) is 4.39. The Kier molecular flexibility index (Phi) is 4.19. The van der Waals surface area contributed by atoms with Gasteiger partial charge in [0.1, 0.15) is 17.6 Å². The number of nitrogens with one attached hydrogen (secondary N) is 1. The smallest absolute Gasteiger partial charge is 0.170 e. The van der Waals surface area contributed by atoms with Crippen LogP contribution < -0.4 is 5.32 Å². The normalized spacial score (nSPS) is 19.9. The molecule has 0 aliphatic carbocycles. The van der Waals surface area contributed by atoms with Crippen LogP contribution in [0.5, 0.6) is 0 Å². The molecule has 0 unspecified atom stereocenters. The first kappa shape index (κ1) is 16.1. The molecule has 6 heteroatoms. The van der Waals surface area contributed by atoms with Crippen molar-refractivity contribution in [2.24, 2.45) is 0 Å². The predicted octanol–water partition coefficient (Wildman–Crippen LogP) is 4.60. The summed E-state index contributed by atoms with van der Waals surface area (Å²) in [6.45, 7) is 0. The average Bonchev–Trinajstić information content (AvgIpc) is 3.22. The van der Waals surface area contributed by atoms with Crippen molar-refractivity contribution in [1.29, 1.82) is 0 Å². The number of thiocarbonyl (C=S) groups is 1. The van der Waals surface area contributed by atoms with Crippen LogP contribution in [0.1, 0.15) is 23.5 Å². The number of aromatic nitrogens is 1. The molecular formula is C19H16ClN3OS. The van der Waals surface area contributed by atoms with Gasteiger partial charge in [-0.15, -0.1) is 0 Å². The number of likely N-dealkylation sites (N-methyl/N-ethyl adjacent to an activating group) is 1. The largest absolute Gasteiger partial charge is 0.459 e. The minimum atomic E-state index is -0.0529. The molecular weight excluding hydrogens is 354 g/mol. The number of hydrogen-bond donors (Lipinski definition) is 1. The maximum atomic E-state index is 6.15. The quantitative estimate of drug-likeness (QED) is 0.683. The lowest BCUT2D eigenvalue weighted by molar-refractivity contribution is 0.310. The zero-order valence-corrected chi connectivity index (χ0v) is 15.1. The minimum Gasteiger partial charge on any atom is -0.459 e. The highest BCUT2D eigenvalue weighted by Gasteiger charge is 2.39. The second-order valence-electron chi connectivity index (χ2n) is 5.95. The summed E-state index contributed by atoms with van der Waals surface area (Å²) in [5, 5.41) is 4.73. The third-order valence-corrected chi connectivity index (χ3v) is 5.04. The Morgan fingerprint density at radius 1 is 1.12 bits per heavy atom. The molecule has 1 fully saturated rings. The summed E-state index contributed by atoms with van der Waals surface area (Å²) >= 11 is 11.4. The topological polar surface area (TPSA) is 41.3 Å². The van der Waals surface area contributed by atoms with Crippen molar-refractivity contribution in [3.8, 4) is 11.3 Å². The van der Waals surface area contributed by atoms with Gasteiger partial charge in [-0.3, -0.25) is 4.98 Å². The Morgan fingerprint density at radius 3 is 2.64 bits per heavy atom. The highest BCUT2D eigenvalue weighted by Crippen LogP contribution is 2.39. The molecule has 3 aromatic rings. The first-order valence-corrected chi connectivity index (χ1v) is 8.72. The standard InChI is InChI=1S/C19H16ClN3OS/c1-23-18(17(22-19(23)25)14-4-2-3-11-21-14)16-10-9-15(24-16)12-5-7-13(20)8-6-12/h2-11,17-18H,1H3,(H,22,25)/t17-,18+/m1/s1. The molecule has 0 saturated carbocycles. The number of hydrogen-bond acceptors (Lipinski definition) is 3. The van der Waals surface area contributed by atoms with Gasteiger partial charge < -0.3 is 14.6 Å². The number of rotatable bonds is 3. The highest BCUT2D eigenvalue weighted by molar-refractivity contribution is 7.80.